The molecule has 86 valence electrons. The summed E-state index contributed by atoms with van der Waals surface area (Å²) in [4.78, 5) is 11.9. The largest absolute Gasteiger partial charge is 0.381 e. The highest BCUT2D eigenvalue weighted by molar-refractivity contribution is 5.92. The second-order valence-corrected chi connectivity index (χ2v) is 4.27. The van der Waals surface area contributed by atoms with E-state index in [2.05, 4.69) is 5.32 Å². The highest BCUT2D eigenvalue weighted by atomic mass is 16.5. The first-order chi connectivity index (χ1) is 7.75. The van der Waals surface area contributed by atoms with Gasteiger partial charge in [-0.25, -0.2) is 0 Å². The van der Waals surface area contributed by atoms with Gasteiger partial charge in [-0.3, -0.25) is 4.79 Å². The summed E-state index contributed by atoms with van der Waals surface area (Å²) in [5.74, 6) is 0.0820. The van der Waals surface area contributed by atoms with Crippen LogP contribution < -0.4 is 5.32 Å². The van der Waals surface area contributed by atoms with E-state index in [1.807, 2.05) is 31.2 Å². The van der Waals surface area contributed by atoms with Crippen LogP contribution in [-0.4, -0.2) is 19.1 Å². The number of amides is 1. The van der Waals surface area contributed by atoms with Gasteiger partial charge in [0, 0.05) is 12.3 Å². The number of hydrogen-bond donors (Lipinski definition) is 1. The van der Waals surface area contributed by atoms with E-state index in [-0.39, 0.29) is 11.8 Å². The van der Waals surface area contributed by atoms with Crippen molar-refractivity contribution < 1.29 is 9.53 Å². The van der Waals surface area contributed by atoms with E-state index in [1.165, 1.54) is 5.56 Å². The summed E-state index contributed by atoms with van der Waals surface area (Å²) in [6.07, 6.45) is 1.91. The average molecular weight is 219 g/mol. The fraction of sp³-hybridized carbons (Fsp3) is 0.462. The molecule has 0 saturated carbocycles. The Morgan fingerprint density at radius 1 is 1.38 bits per heavy atom. The SMILES string of the molecule is Cc1ccc(NC(=O)C2CCCOC2)cc1. The Labute approximate surface area is 95.8 Å². The zero-order valence-corrected chi connectivity index (χ0v) is 9.53. The molecule has 1 aromatic rings. The Morgan fingerprint density at radius 3 is 2.75 bits per heavy atom. The number of aryl methyl sites for hydroxylation is 1. The maximum absolute atomic E-state index is 11.9. The Kier molecular flexibility index (Phi) is 3.57. The van der Waals surface area contributed by atoms with Crippen molar-refractivity contribution in [1.82, 2.24) is 0 Å². The first kappa shape index (κ1) is 11.1. The zero-order chi connectivity index (χ0) is 11.4. The summed E-state index contributed by atoms with van der Waals surface area (Å²) in [7, 11) is 0. The number of hydrogen-bond acceptors (Lipinski definition) is 2. The number of benzene rings is 1. The van der Waals surface area contributed by atoms with Gasteiger partial charge in [-0.1, -0.05) is 17.7 Å². The summed E-state index contributed by atoms with van der Waals surface area (Å²) >= 11 is 0. The van der Waals surface area contributed by atoms with E-state index in [1.54, 1.807) is 0 Å². The van der Waals surface area contributed by atoms with Crippen molar-refractivity contribution in [3.8, 4) is 0 Å². The van der Waals surface area contributed by atoms with Crippen LogP contribution in [0.5, 0.6) is 0 Å². The van der Waals surface area contributed by atoms with Gasteiger partial charge in [-0.2, -0.15) is 0 Å². The molecule has 0 aromatic heterocycles. The molecule has 1 aliphatic rings. The lowest BCUT2D eigenvalue weighted by molar-refractivity contribution is -0.123. The third-order valence-electron chi connectivity index (χ3n) is 2.85. The molecular weight excluding hydrogens is 202 g/mol. The van der Waals surface area contributed by atoms with E-state index in [0.29, 0.717) is 6.61 Å². The zero-order valence-electron chi connectivity index (χ0n) is 9.53. The van der Waals surface area contributed by atoms with Crippen molar-refractivity contribution in [2.75, 3.05) is 18.5 Å². The minimum absolute atomic E-state index is 0.00931. The molecule has 0 spiro atoms. The molecule has 1 aromatic carbocycles. The second-order valence-electron chi connectivity index (χ2n) is 4.27. The van der Waals surface area contributed by atoms with Crippen LogP contribution in [0.15, 0.2) is 24.3 Å². The second kappa shape index (κ2) is 5.12. The number of rotatable bonds is 2. The maximum atomic E-state index is 11.9. The number of anilines is 1. The number of nitrogens with one attached hydrogen (secondary N) is 1. The van der Waals surface area contributed by atoms with E-state index in [4.69, 9.17) is 4.74 Å². The van der Waals surface area contributed by atoms with Crippen LogP contribution in [0.1, 0.15) is 18.4 Å². The van der Waals surface area contributed by atoms with Gasteiger partial charge >= 0.3 is 0 Å². The smallest absolute Gasteiger partial charge is 0.229 e. The lowest BCUT2D eigenvalue weighted by Gasteiger charge is -2.21. The van der Waals surface area contributed by atoms with Crippen molar-refractivity contribution in [3.63, 3.8) is 0 Å². The topological polar surface area (TPSA) is 38.3 Å². The van der Waals surface area contributed by atoms with Gasteiger partial charge in [0.1, 0.15) is 0 Å². The summed E-state index contributed by atoms with van der Waals surface area (Å²) in [6.45, 7) is 3.37. The number of ether oxygens (including phenoxy) is 1. The fourth-order valence-electron chi connectivity index (χ4n) is 1.83. The van der Waals surface area contributed by atoms with Crippen molar-refractivity contribution in [3.05, 3.63) is 29.8 Å². The molecular formula is C13H17NO2. The normalized spacial score (nSPS) is 20.4. The quantitative estimate of drug-likeness (QED) is 0.829. The van der Waals surface area contributed by atoms with Gasteiger partial charge in [0.15, 0.2) is 0 Å². The molecule has 1 heterocycles. The van der Waals surface area contributed by atoms with Gasteiger partial charge in [0.25, 0.3) is 0 Å². The monoisotopic (exact) mass is 219 g/mol. The minimum atomic E-state index is 0.00931. The molecule has 0 bridgehead atoms. The summed E-state index contributed by atoms with van der Waals surface area (Å²) < 4.78 is 5.30. The number of carbonyl (C=O) groups excluding carboxylic acids is 1. The van der Waals surface area contributed by atoms with Gasteiger partial charge in [0.05, 0.1) is 12.5 Å². The molecule has 1 aliphatic heterocycles. The Bertz CT molecular complexity index is 353. The number of carbonyl (C=O) groups is 1. The van der Waals surface area contributed by atoms with Crippen LogP contribution in [0, 0.1) is 12.8 Å². The summed E-state index contributed by atoms with van der Waals surface area (Å²) in [5, 5.41) is 2.92. The lowest BCUT2D eigenvalue weighted by atomic mass is 10.0. The van der Waals surface area contributed by atoms with Crippen LogP contribution in [0.25, 0.3) is 0 Å². The summed E-state index contributed by atoms with van der Waals surface area (Å²) in [5.41, 5.74) is 2.06. The van der Waals surface area contributed by atoms with Crippen LogP contribution >= 0.6 is 0 Å². The molecule has 1 atom stereocenters. The average Bonchev–Trinajstić information content (AvgIpc) is 2.33. The van der Waals surface area contributed by atoms with Crippen LogP contribution in [0.2, 0.25) is 0 Å². The Balaban J connectivity index is 1.93. The van der Waals surface area contributed by atoms with E-state index < -0.39 is 0 Å². The summed E-state index contributed by atoms with van der Waals surface area (Å²) in [6, 6.07) is 7.84. The standard InChI is InChI=1S/C13H17NO2/c1-10-4-6-12(7-5-10)14-13(15)11-3-2-8-16-9-11/h4-7,11H,2-3,8-9H2,1H3,(H,14,15). The van der Waals surface area contributed by atoms with Gasteiger partial charge in [0.2, 0.25) is 5.91 Å². The fourth-order valence-corrected chi connectivity index (χ4v) is 1.83. The van der Waals surface area contributed by atoms with E-state index in [0.717, 1.165) is 25.1 Å². The molecule has 1 unspecified atom stereocenters. The van der Waals surface area contributed by atoms with E-state index >= 15 is 0 Å². The van der Waals surface area contributed by atoms with Crippen molar-refractivity contribution in [1.29, 1.82) is 0 Å². The van der Waals surface area contributed by atoms with Crippen LogP contribution in [-0.2, 0) is 9.53 Å². The molecule has 2 rings (SSSR count). The third kappa shape index (κ3) is 2.83. The first-order valence-electron chi connectivity index (χ1n) is 5.71. The predicted molar refractivity (Wildman–Crippen MR) is 63.4 cm³/mol. The molecule has 3 nitrogen and oxygen atoms in total. The molecule has 1 amide bonds. The molecule has 0 aliphatic carbocycles. The first-order valence-corrected chi connectivity index (χ1v) is 5.71. The van der Waals surface area contributed by atoms with Crippen molar-refractivity contribution in [2.24, 2.45) is 5.92 Å². The van der Waals surface area contributed by atoms with Gasteiger partial charge in [-0.15, -0.1) is 0 Å². The van der Waals surface area contributed by atoms with Crippen molar-refractivity contribution >= 4 is 11.6 Å². The van der Waals surface area contributed by atoms with Crippen molar-refractivity contribution in [2.45, 2.75) is 19.8 Å². The van der Waals surface area contributed by atoms with Gasteiger partial charge < -0.3 is 10.1 Å². The van der Waals surface area contributed by atoms with Crippen LogP contribution in [0.3, 0.4) is 0 Å². The molecule has 1 fully saturated rings. The molecule has 0 radical (unpaired) electrons. The minimum Gasteiger partial charge on any atom is -0.381 e. The van der Waals surface area contributed by atoms with E-state index in [9.17, 15) is 4.79 Å². The van der Waals surface area contributed by atoms with Gasteiger partial charge in [-0.05, 0) is 31.9 Å². The Morgan fingerprint density at radius 2 is 2.12 bits per heavy atom. The lowest BCUT2D eigenvalue weighted by Crippen LogP contribution is -2.30. The molecule has 1 N–H and O–H groups in total. The Hall–Kier alpha value is -1.35. The maximum Gasteiger partial charge on any atom is 0.229 e. The van der Waals surface area contributed by atoms with Crippen LogP contribution in [0.4, 0.5) is 5.69 Å². The molecule has 1 saturated heterocycles. The highest BCUT2D eigenvalue weighted by Crippen LogP contribution is 2.16. The predicted octanol–water partition coefficient (Wildman–Crippen LogP) is 2.36. The molecule has 3 heteroatoms. The highest BCUT2D eigenvalue weighted by Gasteiger charge is 2.21. The molecule has 16 heavy (non-hydrogen) atoms. The third-order valence-corrected chi connectivity index (χ3v) is 2.85.